The zero-order chi connectivity index (χ0) is 11.8. The van der Waals surface area contributed by atoms with E-state index in [9.17, 15) is 18.5 Å². The number of nitro benzene ring substituents is 1. The summed E-state index contributed by atoms with van der Waals surface area (Å²) in [6, 6.07) is 1.74. The normalized spacial score (nSPS) is 11.3. The first kappa shape index (κ1) is 11.4. The monoisotopic (exact) mass is 233 g/mol. The number of phenolic OH excluding ortho intramolecular Hbond substituents is 1. The van der Waals surface area contributed by atoms with Gasteiger partial charge in [0.25, 0.3) is 10.1 Å². The highest BCUT2D eigenvalue weighted by atomic mass is 32.2. The third-order valence-corrected chi connectivity index (χ3v) is 2.82. The summed E-state index contributed by atoms with van der Waals surface area (Å²) in [5.41, 5.74) is -1.03. The molecule has 0 heterocycles. The van der Waals surface area contributed by atoms with E-state index < -0.39 is 31.4 Å². The average molecular weight is 233 g/mol. The highest BCUT2D eigenvalue weighted by Gasteiger charge is 2.24. The molecule has 15 heavy (non-hydrogen) atoms. The Morgan fingerprint density at radius 2 is 1.93 bits per heavy atom. The fourth-order valence-corrected chi connectivity index (χ4v) is 1.90. The molecule has 0 amide bonds. The average Bonchev–Trinajstić information content (AvgIpc) is 2.00. The van der Waals surface area contributed by atoms with Gasteiger partial charge in [-0.25, -0.2) is 0 Å². The Labute approximate surface area is 84.9 Å². The van der Waals surface area contributed by atoms with E-state index in [4.69, 9.17) is 9.66 Å². The molecule has 0 unspecified atom stereocenters. The Balaban J connectivity index is 3.64. The van der Waals surface area contributed by atoms with Crippen molar-refractivity contribution in [2.75, 3.05) is 0 Å². The van der Waals surface area contributed by atoms with Gasteiger partial charge in [0.1, 0.15) is 4.90 Å². The minimum Gasteiger partial charge on any atom is -0.502 e. The van der Waals surface area contributed by atoms with Gasteiger partial charge in [-0.05, 0) is 19.1 Å². The van der Waals surface area contributed by atoms with Gasteiger partial charge in [0.15, 0.2) is 5.75 Å². The Hall–Kier alpha value is -1.67. The van der Waals surface area contributed by atoms with Gasteiger partial charge in [0.2, 0.25) is 0 Å². The number of rotatable bonds is 2. The van der Waals surface area contributed by atoms with E-state index in [1.54, 1.807) is 0 Å². The summed E-state index contributed by atoms with van der Waals surface area (Å²) >= 11 is 0. The minimum atomic E-state index is -4.52. The van der Waals surface area contributed by atoms with Crippen LogP contribution in [-0.4, -0.2) is 23.0 Å². The standard InChI is InChI=1S/C7H7NO6S/c1-4-6(15(12,13)14)3-2-5(9)7(4)8(10)11/h2-3,9H,1H3,(H,12,13,14). The molecule has 0 aliphatic rings. The predicted molar refractivity (Wildman–Crippen MR) is 49.3 cm³/mol. The van der Waals surface area contributed by atoms with Crippen LogP contribution in [0.1, 0.15) is 5.56 Å². The van der Waals surface area contributed by atoms with Gasteiger partial charge in [-0.15, -0.1) is 0 Å². The molecule has 82 valence electrons. The van der Waals surface area contributed by atoms with Crippen LogP contribution in [0.15, 0.2) is 17.0 Å². The Morgan fingerprint density at radius 3 is 2.33 bits per heavy atom. The zero-order valence-corrected chi connectivity index (χ0v) is 8.35. The van der Waals surface area contributed by atoms with Crippen molar-refractivity contribution in [2.45, 2.75) is 11.8 Å². The van der Waals surface area contributed by atoms with Crippen LogP contribution in [0.2, 0.25) is 0 Å². The van der Waals surface area contributed by atoms with Crippen LogP contribution in [0.3, 0.4) is 0 Å². The Bertz CT molecular complexity index is 521. The predicted octanol–water partition coefficient (Wildman–Crippen LogP) is 0.856. The lowest BCUT2D eigenvalue weighted by Gasteiger charge is -2.04. The smallest absolute Gasteiger partial charge is 0.314 e. The summed E-state index contributed by atoms with van der Waals surface area (Å²) in [6.07, 6.45) is 0. The quantitative estimate of drug-likeness (QED) is 0.444. The van der Waals surface area contributed by atoms with Gasteiger partial charge in [-0.1, -0.05) is 0 Å². The van der Waals surface area contributed by atoms with Gasteiger partial charge in [0.05, 0.1) is 10.5 Å². The first-order chi connectivity index (χ1) is 6.75. The number of hydrogen-bond acceptors (Lipinski definition) is 5. The molecule has 1 rings (SSSR count). The molecule has 1 aromatic rings. The molecule has 0 atom stereocenters. The second-order valence-corrected chi connectivity index (χ2v) is 4.18. The fourth-order valence-electron chi connectivity index (χ4n) is 1.18. The highest BCUT2D eigenvalue weighted by Crippen LogP contribution is 2.33. The molecule has 0 spiro atoms. The van der Waals surface area contributed by atoms with Crippen LogP contribution in [-0.2, 0) is 10.1 Å². The zero-order valence-electron chi connectivity index (χ0n) is 7.54. The molecule has 0 radical (unpaired) electrons. The molecule has 0 aliphatic heterocycles. The van der Waals surface area contributed by atoms with E-state index in [0.29, 0.717) is 0 Å². The SMILES string of the molecule is Cc1c(S(=O)(=O)O)ccc(O)c1[N+](=O)[O-]. The maximum absolute atomic E-state index is 10.8. The second-order valence-electron chi connectivity index (χ2n) is 2.79. The van der Waals surface area contributed by atoms with Crippen molar-refractivity contribution >= 4 is 15.8 Å². The highest BCUT2D eigenvalue weighted by molar-refractivity contribution is 7.85. The molecule has 8 heteroatoms. The number of phenols is 1. The van der Waals surface area contributed by atoms with Gasteiger partial charge < -0.3 is 5.11 Å². The van der Waals surface area contributed by atoms with Crippen LogP contribution in [0, 0.1) is 17.0 Å². The summed E-state index contributed by atoms with van der Waals surface area (Å²) in [4.78, 5) is 8.98. The number of nitrogens with zero attached hydrogens (tertiary/aromatic N) is 1. The summed E-state index contributed by atoms with van der Waals surface area (Å²) in [5, 5.41) is 19.6. The minimum absolute atomic E-state index is 0.303. The lowest BCUT2D eigenvalue weighted by atomic mass is 10.2. The van der Waals surface area contributed by atoms with Crippen LogP contribution < -0.4 is 0 Å². The van der Waals surface area contributed by atoms with E-state index in [1.165, 1.54) is 0 Å². The fraction of sp³-hybridized carbons (Fsp3) is 0.143. The Morgan fingerprint density at radius 1 is 1.40 bits per heavy atom. The maximum atomic E-state index is 10.8. The van der Waals surface area contributed by atoms with Gasteiger partial charge >= 0.3 is 5.69 Å². The molecule has 0 saturated heterocycles. The summed E-state index contributed by atoms with van der Waals surface area (Å²) in [7, 11) is -4.52. The van der Waals surface area contributed by atoms with E-state index in [-0.39, 0.29) is 5.56 Å². The molecule has 7 nitrogen and oxygen atoms in total. The molecular weight excluding hydrogens is 226 g/mol. The van der Waals surface area contributed by atoms with Crippen LogP contribution in [0.25, 0.3) is 0 Å². The molecule has 0 saturated carbocycles. The largest absolute Gasteiger partial charge is 0.502 e. The number of aromatic hydroxyl groups is 1. The van der Waals surface area contributed by atoms with E-state index in [2.05, 4.69) is 0 Å². The maximum Gasteiger partial charge on any atom is 0.314 e. The van der Waals surface area contributed by atoms with Gasteiger partial charge in [-0.2, -0.15) is 8.42 Å². The van der Waals surface area contributed by atoms with Crippen molar-refractivity contribution in [1.82, 2.24) is 0 Å². The molecule has 0 bridgehead atoms. The topological polar surface area (TPSA) is 118 Å². The number of hydrogen-bond donors (Lipinski definition) is 2. The van der Waals surface area contributed by atoms with E-state index in [1.807, 2.05) is 0 Å². The van der Waals surface area contributed by atoms with Crippen molar-refractivity contribution in [1.29, 1.82) is 0 Å². The van der Waals surface area contributed by atoms with E-state index in [0.717, 1.165) is 19.1 Å². The van der Waals surface area contributed by atoms with Gasteiger partial charge in [0, 0.05) is 0 Å². The van der Waals surface area contributed by atoms with Crippen molar-refractivity contribution in [3.8, 4) is 5.75 Å². The summed E-state index contributed by atoms with van der Waals surface area (Å²) in [5.74, 6) is -0.648. The molecule has 0 aromatic heterocycles. The molecule has 0 fully saturated rings. The van der Waals surface area contributed by atoms with Crippen molar-refractivity contribution in [3.05, 3.63) is 27.8 Å². The Kier molecular flexibility index (Phi) is 2.65. The van der Waals surface area contributed by atoms with Crippen LogP contribution >= 0.6 is 0 Å². The van der Waals surface area contributed by atoms with Crippen LogP contribution in [0.5, 0.6) is 5.75 Å². The third kappa shape index (κ3) is 2.05. The van der Waals surface area contributed by atoms with Crippen LogP contribution in [0.4, 0.5) is 5.69 Å². The third-order valence-electron chi connectivity index (χ3n) is 1.82. The molecule has 1 aromatic carbocycles. The molecule has 0 aliphatic carbocycles. The summed E-state index contributed by atoms with van der Waals surface area (Å²) < 4.78 is 30.3. The van der Waals surface area contributed by atoms with Gasteiger partial charge in [-0.3, -0.25) is 14.7 Å². The number of benzene rings is 1. The first-order valence-corrected chi connectivity index (χ1v) is 5.13. The molecule has 2 N–H and O–H groups in total. The lowest BCUT2D eigenvalue weighted by Crippen LogP contribution is -2.03. The van der Waals surface area contributed by atoms with Crippen molar-refractivity contribution in [3.63, 3.8) is 0 Å². The van der Waals surface area contributed by atoms with Crippen molar-refractivity contribution in [2.24, 2.45) is 0 Å². The summed E-state index contributed by atoms with van der Waals surface area (Å²) in [6.45, 7) is 1.13. The molecular formula is C7H7NO6S. The van der Waals surface area contributed by atoms with Crippen molar-refractivity contribution < 1.29 is 23.0 Å². The lowest BCUT2D eigenvalue weighted by molar-refractivity contribution is -0.386. The second kappa shape index (κ2) is 3.48. The number of nitro groups is 1. The van der Waals surface area contributed by atoms with E-state index >= 15 is 0 Å². The first-order valence-electron chi connectivity index (χ1n) is 3.69.